The Hall–Kier alpha value is -1.02. The summed E-state index contributed by atoms with van der Waals surface area (Å²) in [5.41, 5.74) is 0. The van der Waals surface area contributed by atoms with Crippen LogP contribution in [0.1, 0.15) is 0 Å². The molecule has 0 heterocycles. The van der Waals surface area contributed by atoms with Crippen LogP contribution in [-0.2, 0) is 0 Å². The van der Waals surface area contributed by atoms with Gasteiger partial charge >= 0.3 is 0 Å². The van der Waals surface area contributed by atoms with E-state index in [0.29, 0.717) is 0 Å². The van der Waals surface area contributed by atoms with E-state index in [9.17, 15) is 0 Å². The molecule has 0 aromatic carbocycles. The molecule has 0 amide bonds. The van der Waals surface area contributed by atoms with E-state index in [1.165, 1.54) is 18.2 Å². The van der Waals surface area contributed by atoms with Gasteiger partial charge < -0.3 is 10.2 Å². The summed E-state index contributed by atoms with van der Waals surface area (Å²) in [7, 11) is 0. The highest BCUT2D eigenvalue weighted by atomic mass is 16.3. The van der Waals surface area contributed by atoms with E-state index in [2.05, 4.69) is 6.58 Å². The third-order valence-corrected chi connectivity index (χ3v) is 0.718. The quantitative estimate of drug-likeness (QED) is 0.440. The van der Waals surface area contributed by atoms with E-state index in [0.717, 1.165) is 0 Å². The van der Waals surface area contributed by atoms with Crippen molar-refractivity contribution < 1.29 is 10.2 Å². The van der Waals surface area contributed by atoms with Gasteiger partial charge in [-0.15, -0.1) is 0 Å². The number of allylic oxidation sites excluding steroid dienone is 3. The first-order valence-electron chi connectivity index (χ1n) is 2.60. The lowest BCUT2D eigenvalue weighted by Gasteiger charge is -1.82. The lowest BCUT2D eigenvalue weighted by atomic mass is 10.4. The zero-order valence-electron chi connectivity index (χ0n) is 5.12. The molecular weight excluding hydrogens is 116 g/mol. The highest BCUT2D eigenvalue weighted by molar-refractivity contribution is 5.14. The van der Waals surface area contributed by atoms with Crippen LogP contribution in [0, 0.1) is 0 Å². The number of aliphatic hydroxyl groups excluding tert-OH is 2. The first-order valence-corrected chi connectivity index (χ1v) is 2.60. The predicted octanol–water partition coefficient (Wildman–Crippen LogP) is 1.16. The van der Waals surface area contributed by atoms with E-state index >= 15 is 0 Å². The highest BCUT2D eigenvalue weighted by Gasteiger charge is 1.74. The first kappa shape index (κ1) is 7.98. The zero-order valence-corrected chi connectivity index (χ0v) is 5.12. The molecule has 0 spiro atoms. The lowest BCUT2D eigenvalue weighted by Crippen LogP contribution is -1.71. The molecule has 0 unspecified atom stereocenters. The van der Waals surface area contributed by atoms with Gasteiger partial charge in [0.2, 0.25) is 0 Å². The zero-order chi connectivity index (χ0) is 7.11. The standard InChI is InChI=1S/C7H10O2/c1-2-7(9)5-3-4-6-8/h2-5,8-9H,1,6H2/b4-3-,7-5+. The van der Waals surface area contributed by atoms with Gasteiger partial charge in [0.25, 0.3) is 0 Å². The predicted molar refractivity (Wildman–Crippen MR) is 37.1 cm³/mol. The molecule has 2 nitrogen and oxygen atoms in total. The Bertz CT molecular complexity index is 134. The molecule has 0 saturated heterocycles. The second-order valence-electron chi connectivity index (χ2n) is 1.41. The summed E-state index contributed by atoms with van der Waals surface area (Å²) < 4.78 is 0. The molecule has 2 N–H and O–H groups in total. The fraction of sp³-hybridized carbons (Fsp3) is 0.143. The first-order chi connectivity index (χ1) is 4.31. The van der Waals surface area contributed by atoms with Crippen molar-refractivity contribution in [1.29, 1.82) is 0 Å². The highest BCUT2D eigenvalue weighted by Crippen LogP contribution is 1.87. The van der Waals surface area contributed by atoms with Gasteiger partial charge in [-0.1, -0.05) is 18.7 Å². The number of aliphatic hydroxyl groups is 2. The fourth-order valence-electron chi connectivity index (χ4n) is 0.296. The van der Waals surface area contributed by atoms with Crippen LogP contribution >= 0.6 is 0 Å². The van der Waals surface area contributed by atoms with E-state index in [-0.39, 0.29) is 12.4 Å². The Kier molecular flexibility index (Phi) is 4.54. The molecule has 0 aromatic heterocycles. The SMILES string of the molecule is C=C/C(O)=C\C=C/CO. The molecule has 9 heavy (non-hydrogen) atoms. The summed E-state index contributed by atoms with van der Waals surface area (Å²) in [5, 5.41) is 16.9. The fourth-order valence-corrected chi connectivity index (χ4v) is 0.296. The maximum Gasteiger partial charge on any atom is 0.114 e. The maximum absolute atomic E-state index is 8.69. The second kappa shape index (κ2) is 5.12. The van der Waals surface area contributed by atoms with Gasteiger partial charge in [-0.2, -0.15) is 0 Å². The molecule has 0 radical (unpaired) electrons. The topological polar surface area (TPSA) is 40.5 Å². The molecule has 50 valence electrons. The summed E-state index contributed by atoms with van der Waals surface area (Å²) in [6.07, 6.45) is 5.83. The molecular formula is C7H10O2. The lowest BCUT2D eigenvalue weighted by molar-refractivity contribution is 0.342. The molecule has 0 saturated carbocycles. The van der Waals surface area contributed by atoms with Gasteiger partial charge in [0, 0.05) is 0 Å². The largest absolute Gasteiger partial charge is 0.508 e. The van der Waals surface area contributed by atoms with Crippen molar-refractivity contribution in [3.8, 4) is 0 Å². The van der Waals surface area contributed by atoms with Crippen molar-refractivity contribution in [2.75, 3.05) is 6.61 Å². The van der Waals surface area contributed by atoms with Crippen LogP contribution in [0.5, 0.6) is 0 Å². The Morgan fingerprint density at radius 1 is 1.56 bits per heavy atom. The van der Waals surface area contributed by atoms with E-state index < -0.39 is 0 Å². The van der Waals surface area contributed by atoms with Crippen molar-refractivity contribution in [3.63, 3.8) is 0 Å². The van der Waals surface area contributed by atoms with Crippen LogP contribution in [0.15, 0.2) is 36.6 Å². The second-order valence-corrected chi connectivity index (χ2v) is 1.41. The van der Waals surface area contributed by atoms with Crippen LogP contribution in [0.25, 0.3) is 0 Å². The smallest absolute Gasteiger partial charge is 0.114 e. The molecule has 0 rings (SSSR count). The Morgan fingerprint density at radius 2 is 2.22 bits per heavy atom. The molecule has 2 heteroatoms. The number of hydrogen-bond donors (Lipinski definition) is 2. The summed E-state index contributed by atoms with van der Waals surface area (Å²) in [6, 6.07) is 0. The maximum atomic E-state index is 8.69. The summed E-state index contributed by atoms with van der Waals surface area (Å²) >= 11 is 0. The Morgan fingerprint density at radius 3 is 2.67 bits per heavy atom. The van der Waals surface area contributed by atoms with Crippen LogP contribution in [0.4, 0.5) is 0 Å². The van der Waals surface area contributed by atoms with Gasteiger partial charge in [-0.3, -0.25) is 0 Å². The van der Waals surface area contributed by atoms with Gasteiger partial charge in [-0.05, 0) is 12.2 Å². The summed E-state index contributed by atoms with van der Waals surface area (Å²) in [6.45, 7) is 3.31. The van der Waals surface area contributed by atoms with E-state index in [1.807, 2.05) is 0 Å². The average Bonchev–Trinajstić information content (AvgIpc) is 1.89. The molecule has 0 aliphatic rings. The van der Waals surface area contributed by atoms with Crippen molar-refractivity contribution in [2.24, 2.45) is 0 Å². The average molecular weight is 126 g/mol. The van der Waals surface area contributed by atoms with Gasteiger partial charge in [0.15, 0.2) is 0 Å². The molecule has 0 bridgehead atoms. The summed E-state index contributed by atoms with van der Waals surface area (Å²) in [4.78, 5) is 0. The van der Waals surface area contributed by atoms with Gasteiger partial charge in [0.05, 0.1) is 6.61 Å². The molecule has 0 aliphatic heterocycles. The molecule has 0 aliphatic carbocycles. The normalized spacial score (nSPS) is 12.3. The van der Waals surface area contributed by atoms with Crippen molar-refractivity contribution >= 4 is 0 Å². The van der Waals surface area contributed by atoms with Crippen molar-refractivity contribution in [1.82, 2.24) is 0 Å². The van der Waals surface area contributed by atoms with Gasteiger partial charge in [-0.25, -0.2) is 0 Å². The summed E-state index contributed by atoms with van der Waals surface area (Å²) in [5.74, 6) is 0.0969. The third-order valence-electron chi connectivity index (χ3n) is 0.718. The van der Waals surface area contributed by atoms with E-state index in [1.54, 1.807) is 6.08 Å². The molecule has 0 aromatic rings. The number of rotatable bonds is 3. The van der Waals surface area contributed by atoms with E-state index in [4.69, 9.17) is 10.2 Å². The van der Waals surface area contributed by atoms with Crippen LogP contribution in [0.2, 0.25) is 0 Å². The van der Waals surface area contributed by atoms with Crippen LogP contribution < -0.4 is 0 Å². The van der Waals surface area contributed by atoms with Crippen molar-refractivity contribution in [3.05, 3.63) is 36.6 Å². The molecule has 0 atom stereocenters. The van der Waals surface area contributed by atoms with Gasteiger partial charge in [0.1, 0.15) is 5.76 Å². The minimum atomic E-state index is -0.0130. The minimum Gasteiger partial charge on any atom is -0.508 e. The monoisotopic (exact) mass is 126 g/mol. The Balaban J connectivity index is 3.68. The van der Waals surface area contributed by atoms with Crippen molar-refractivity contribution in [2.45, 2.75) is 0 Å². The number of hydrogen-bond acceptors (Lipinski definition) is 2. The third kappa shape index (κ3) is 4.84. The Labute approximate surface area is 54.4 Å². The molecule has 0 fully saturated rings. The minimum absolute atomic E-state index is 0.0130. The van der Waals surface area contributed by atoms with Crippen LogP contribution in [0.3, 0.4) is 0 Å². The van der Waals surface area contributed by atoms with Crippen LogP contribution in [-0.4, -0.2) is 16.8 Å².